The van der Waals surface area contributed by atoms with Crippen molar-refractivity contribution in [3.05, 3.63) is 41.0 Å². The Morgan fingerprint density at radius 1 is 1.19 bits per heavy atom. The molecule has 0 spiro atoms. The fraction of sp³-hybridized carbons (Fsp3) is 0.467. The first-order valence-corrected chi connectivity index (χ1v) is 8.53. The first kappa shape index (κ1) is 14.9. The highest BCUT2D eigenvalue weighted by molar-refractivity contribution is 7.98. The standard InChI is InChI=1S/C15H18ClN3OS/c16-11-3-7-13(8-4-11)21-9-14-18-15(20-19-14)10-1-5-12(17)6-2-10/h3-4,7-8,10,12H,1-2,5-6,9,17H2. The fourth-order valence-corrected chi connectivity index (χ4v) is 3.40. The van der Waals surface area contributed by atoms with Crippen LogP contribution >= 0.6 is 23.4 Å². The number of aromatic nitrogens is 2. The fourth-order valence-electron chi connectivity index (χ4n) is 2.54. The van der Waals surface area contributed by atoms with Crippen molar-refractivity contribution < 1.29 is 4.52 Å². The van der Waals surface area contributed by atoms with Gasteiger partial charge in [0.25, 0.3) is 0 Å². The molecule has 0 unspecified atom stereocenters. The minimum absolute atomic E-state index is 0.337. The van der Waals surface area contributed by atoms with Gasteiger partial charge in [-0.25, -0.2) is 0 Å². The summed E-state index contributed by atoms with van der Waals surface area (Å²) < 4.78 is 5.41. The topological polar surface area (TPSA) is 64.9 Å². The summed E-state index contributed by atoms with van der Waals surface area (Å²) in [5.74, 6) is 2.61. The Morgan fingerprint density at radius 3 is 2.62 bits per heavy atom. The second kappa shape index (κ2) is 6.81. The van der Waals surface area contributed by atoms with E-state index in [1.807, 2.05) is 24.3 Å². The molecule has 4 nitrogen and oxygen atoms in total. The van der Waals surface area contributed by atoms with E-state index in [2.05, 4.69) is 10.1 Å². The molecule has 0 aliphatic heterocycles. The minimum Gasteiger partial charge on any atom is -0.339 e. The van der Waals surface area contributed by atoms with Crippen molar-refractivity contribution in [1.29, 1.82) is 0 Å². The third kappa shape index (κ3) is 3.99. The Bertz CT molecular complexity index is 579. The van der Waals surface area contributed by atoms with E-state index in [0.29, 0.717) is 17.7 Å². The van der Waals surface area contributed by atoms with Gasteiger partial charge in [-0.1, -0.05) is 16.8 Å². The molecular weight excluding hydrogens is 306 g/mol. The van der Waals surface area contributed by atoms with E-state index in [0.717, 1.165) is 47.3 Å². The highest BCUT2D eigenvalue weighted by Gasteiger charge is 2.24. The molecule has 0 saturated heterocycles. The summed E-state index contributed by atoms with van der Waals surface area (Å²) in [4.78, 5) is 5.67. The average molecular weight is 324 g/mol. The summed E-state index contributed by atoms with van der Waals surface area (Å²) >= 11 is 7.55. The smallest absolute Gasteiger partial charge is 0.229 e. The monoisotopic (exact) mass is 323 g/mol. The van der Waals surface area contributed by atoms with E-state index in [4.69, 9.17) is 21.9 Å². The molecule has 3 rings (SSSR count). The molecule has 0 radical (unpaired) electrons. The van der Waals surface area contributed by atoms with Gasteiger partial charge in [0.05, 0.1) is 5.75 Å². The second-order valence-electron chi connectivity index (χ2n) is 5.40. The molecule has 1 aromatic carbocycles. The van der Waals surface area contributed by atoms with Gasteiger partial charge in [0.15, 0.2) is 5.82 Å². The molecule has 1 aromatic heterocycles. The Balaban J connectivity index is 1.56. The SMILES string of the molecule is NC1CCC(c2nc(CSc3ccc(Cl)cc3)no2)CC1. The van der Waals surface area contributed by atoms with Crippen molar-refractivity contribution >= 4 is 23.4 Å². The molecule has 1 heterocycles. The number of hydrogen-bond donors (Lipinski definition) is 1. The quantitative estimate of drug-likeness (QED) is 0.861. The predicted molar refractivity (Wildman–Crippen MR) is 84.5 cm³/mol. The molecule has 1 aliphatic carbocycles. The summed E-state index contributed by atoms with van der Waals surface area (Å²) in [6, 6.07) is 8.10. The number of halogens is 1. The molecular formula is C15H18ClN3OS. The molecule has 112 valence electrons. The molecule has 1 aliphatic rings. The lowest BCUT2D eigenvalue weighted by molar-refractivity contribution is 0.300. The van der Waals surface area contributed by atoms with Crippen LogP contribution in [-0.2, 0) is 5.75 Å². The van der Waals surface area contributed by atoms with Crippen LogP contribution < -0.4 is 5.73 Å². The van der Waals surface area contributed by atoms with Crippen LogP contribution in [0.3, 0.4) is 0 Å². The van der Waals surface area contributed by atoms with Gasteiger partial charge < -0.3 is 10.3 Å². The normalized spacial score (nSPS) is 22.4. The maximum Gasteiger partial charge on any atom is 0.229 e. The van der Waals surface area contributed by atoms with E-state index in [1.165, 1.54) is 0 Å². The summed E-state index contributed by atoms with van der Waals surface area (Å²) in [7, 11) is 0. The van der Waals surface area contributed by atoms with Crippen molar-refractivity contribution in [3.8, 4) is 0 Å². The highest BCUT2D eigenvalue weighted by Crippen LogP contribution is 2.31. The van der Waals surface area contributed by atoms with Gasteiger partial charge in [-0.05, 0) is 49.9 Å². The lowest BCUT2D eigenvalue weighted by Gasteiger charge is -2.22. The summed E-state index contributed by atoms with van der Waals surface area (Å²) in [6.45, 7) is 0. The van der Waals surface area contributed by atoms with E-state index < -0.39 is 0 Å². The Morgan fingerprint density at radius 2 is 1.90 bits per heavy atom. The number of hydrogen-bond acceptors (Lipinski definition) is 5. The minimum atomic E-state index is 0.337. The lowest BCUT2D eigenvalue weighted by Crippen LogP contribution is -2.25. The molecule has 21 heavy (non-hydrogen) atoms. The zero-order chi connectivity index (χ0) is 14.7. The van der Waals surface area contributed by atoms with Crippen LogP contribution in [0.2, 0.25) is 5.02 Å². The number of rotatable bonds is 4. The first-order chi connectivity index (χ1) is 10.2. The highest BCUT2D eigenvalue weighted by atomic mass is 35.5. The van der Waals surface area contributed by atoms with Gasteiger partial charge in [0, 0.05) is 21.9 Å². The number of nitrogens with two attached hydrogens (primary N) is 1. The van der Waals surface area contributed by atoms with Crippen LogP contribution in [0.15, 0.2) is 33.7 Å². The maximum absolute atomic E-state index is 5.92. The van der Waals surface area contributed by atoms with Crippen molar-refractivity contribution in [1.82, 2.24) is 10.1 Å². The van der Waals surface area contributed by atoms with Crippen LogP contribution in [-0.4, -0.2) is 16.2 Å². The van der Waals surface area contributed by atoms with Gasteiger partial charge in [0.1, 0.15) is 0 Å². The molecule has 0 atom stereocenters. The van der Waals surface area contributed by atoms with Gasteiger partial charge in [0.2, 0.25) is 5.89 Å². The zero-order valence-electron chi connectivity index (χ0n) is 11.7. The molecule has 6 heteroatoms. The molecule has 0 amide bonds. The predicted octanol–water partition coefficient (Wildman–Crippen LogP) is 4.00. The lowest BCUT2D eigenvalue weighted by atomic mass is 9.86. The molecule has 1 saturated carbocycles. The van der Waals surface area contributed by atoms with Crippen LogP contribution in [0, 0.1) is 0 Å². The zero-order valence-corrected chi connectivity index (χ0v) is 13.2. The van der Waals surface area contributed by atoms with Crippen LogP contribution in [0.5, 0.6) is 0 Å². The number of benzene rings is 1. The largest absolute Gasteiger partial charge is 0.339 e. The van der Waals surface area contributed by atoms with Crippen molar-refractivity contribution in [3.63, 3.8) is 0 Å². The Hall–Kier alpha value is -1.04. The summed E-state index contributed by atoms with van der Waals surface area (Å²) in [5, 5.41) is 4.83. The summed E-state index contributed by atoms with van der Waals surface area (Å²) in [5.41, 5.74) is 5.92. The molecule has 0 bridgehead atoms. The van der Waals surface area contributed by atoms with Gasteiger partial charge >= 0.3 is 0 Å². The number of thioether (sulfide) groups is 1. The van der Waals surface area contributed by atoms with Gasteiger partial charge in [-0.3, -0.25) is 0 Å². The average Bonchev–Trinajstić information content (AvgIpc) is 2.96. The third-order valence-electron chi connectivity index (χ3n) is 3.79. The van der Waals surface area contributed by atoms with Gasteiger partial charge in [-0.2, -0.15) is 4.98 Å². The number of nitrogens with zero attached hydrogens (tertiary/aromatic N) is 2. The van der Waals surface area contributed by atoms with E-state index >= 15 is 0 Å². The van der Waals surface area contributed by atoms with Gasteiger partial charge in [-0.15, -0.1) is 11.8 Å². The van der Waals surface area contributed by atoms with Crippen LogP contribution in [0.1, 0.15) is 43.3 Å². The third-order valence-corrected chi connectivity index (χ3v) is 5.05. The maximum atomic E-state index is 5.92. The van der Waals surface area contributed by atoms with E-state index in [1.54, 1.807) is 11.8 Å². The van der Waals surface area contributed by atoms with E-state index in [-0.39, 0.29) is 0 Å². The van der Waals surface area contributed by atoms with Crippen LogP contribution in [0.4, 0.5) is 0 Å². The van der Waals surface area contributed by atoms with Crippen LogP contribution in [0.25, 0.3) is 0 Å². The Kier molecular flexibility index (Phi) is 4.83. The van der Waals surface area contributed by atoms with Crippen molar-refractivity contribution in [2.75, 3.05) is 0 Å². The summed E-state index contributed by atoms with van der Waals surface area (Å²) in [6.07, 6.45) is 4.18. The molecule has 2 N–H and O–H groups in total. The Labute approximate surface area is 133 Å². The first-order valence-electron chi connectivity index (χ1n) is 7.17. The molecule has 2 aromatic rings. The second-order valence-corrected chi connectivity index (χ2v) is 6.89. The van der Waals surface area contributed by atoms with E-state index in [9.17, 15) is 0 Å². The van der Waals surface area contributed by atoms with Crippen molar-refractivity contribution in [2.45, 2.75) is 48.3 Å². The van der Waals surface area contributed by atoms with Crippen molar-refractivity contribution in [2.24, 2.45) is 5.73 Å². The molecule has 1 fully saturated rings.